The molecule has 0 aliphatic carbocycles. The van der Waals surface area contributed by atoms with E-state index in [1.54, 1.807) is 12.0 Å². The minimum absolute atomic E-state index is 0.0489. The van der Waals surface area contributed by atoms with Gasteiger partial charge in [0.2, 0.25) is 0 Å². The molecule has 30 heavy (non-hydrogen) atoms. The van der Waals surface area contributed by atoms with Crippen molar-refractivity contribution >= 4 is 16.8 Å². The van der Waals surface area contributed by atoms with Crippen LogP contribution in [0.3, 0.4) is 0 Å². The molecule has 0 fully saturated rings. The zero-order valence-corrected chi connectivity index (χ0v) is 17.9. The molecule has 0 spiro atoms. The number of methoxy groups -OCH3 is 1. The van der Waals surface area contributed by atoms with Gasteiger partial charge in [-0.25, -0.2) is 0 Å². The number of aromatic nitrogens is 1. The molecular formula is C24H27N3O3. The van der Waals surface area contributed by atoms with Crippen molar-refractivity contribution in [3.05, 3.63) is 58.3 Å². The van der Waals surface area contributed by atoms with Gasteiger partial charge >= 0.3 is 0 Å². The Morgan fingerprint density at radius 3 is 2.93 bits per heavy atom. The number of rotatable bonds is 3. The monoisotopic (exact) mass is 405 g/mol. The summed E-state index contributed by atoms with van der Waals surface area (Å²) in [5.41, 5.74) is 6.22. The first-order valence-corrected chi connectivity index (χ1v) is 10.5. The van der Waals surface area contributed by atoms with Gasteiger partial charge in [-0.1, -0.05) is 0 Å². The van der Waals surface area contributed by atoms with Gasteiger partial charge in [-0.15, -0.1) is 0 Å². The number of nitrogens with one attached hydrogen (secondary N) is 1. The fourth-order valence-electron chi connectivity index (χ4n) is 4.71. The van der Waals surface area contributed by atoms with Crippen LogP contribution in [0.5, 0.6) is 11.5 Å². The predicted octanol–water partition coefficient (Wildman–Crippen LogP) is 4.03. The highest BCUT2D eigenvalue weighted by molar-refractivity contribution is 6.09. The third-order valence-electron chi connectivity index (χ3n) is 6.47. The number of hydrogen-bond donors (Lipinski definition) is 1. The topological polar surface area (TPSA) is 57.8 Å². The fraction of sp³-hybridized carbons (Fsp3) is 0.375. The highest BCUT2D eigenvalue weighted by atomic mass is 16.5. The number of hydrogen-bond acceptors (Lipinski definition) is 4. The molecule has 2 aliphatic rings. The van der Waals surface area contributed by atoms with Gasteiger partial charge in [0, 0.05) is 54.4 Å². The quantitative estimate of drug-likeness (QED) is 0.715. The molecule has 6 heteroatoms. The molecule has 6 nitrogen and oxygen atoms in total. The molecule has 0 bridgehead atoms. The summed E-state index contributed by atoms with van der Waals surface area (Å²) >= 11 is 0. The summed E-state index contributed by atoms with van der Waals surface area (Å²) in [7, 11) is 3.54. The van der Waals surface area contributed by atoms with E-state index in [0.29, 0.717) is 6.54 Å². The van der Waals surface area contributed by atoms with E-state index in [0.717, 1.165) is 58.7 Å². The first kappa shape index (κ1) is 19.0. The van der Waals surface area contributed by atoms with Crippen molar-refractivity contribution in [3.8, 4) is 11.5 Å². The van der Waals surface area contributed by atoms with Gasteiger partial charge in [0.25, 0.3) is 5.91 Å². The molecule has 0 radical (unpaired) electrons. The Bertz CT molecular complexity index is 1150. The Hall–Kier alpha value is -2.99. The zero-order chi connectivity index (χ0) is 21.0. The van der Waals surface area contributed by atoms with Crippen molar-refractivity contribution in [1.29, 1.82) is 0 Å². The standard InChI is InChI=1S/C24H27N3O3/c1-5-26(3)23(28)21-14(2)25-19-8-9-20-18(22(19)21)13-27-11-10-15-12-16(29-4)6-7-17(15)24(27)30-20/h6-9,12,24-25H,5,10-11,13H2,1-4H3. The number of H-pyrrole nitrogens is 1. The van der Waals surface area contributed by atoms with Crippen LogP contribution in [0.2, 0.25) is 0 Å². The SMILES string of the molecule is CCN(C)C(=O)c1c(C)[nH]c2ccc3c(c12)CN1CCc2cc(OC)ccc2C1O3. The Balaban J connectivity index is 1.61. The molecule has 3 heterocycles. The normalized spacial score (nSPS) is 17.7. The largest absolute Gasteiger partial charge is 0.497 e. The summed E-state index contributed by atoms with van der Waals surface area (Å²) in [4.78, 5) is 20.6. The molecule has 2 aliphatic heterocycles. The molecule has 2 aromatic carbocycles. The van der Waals surface area contributed by atoms with E-state index in [1.165, 1.54) is 11.1 Å². The molecule has 0 saturated heterocycles. The fourth-order valence-corrected chi connectivity index (χ4v) is 4.71. The number of fused-ring (bicyclic) bond motifs is 6. The highest BCUT2D eigenvalue weighted by Crippen LogP contribution is 2.43. The van der Waals surface area contributed by atoms with Crippen molar-refractivity contribution in [3.63, 3.8) is 0 Å². The van der Waals surface area contributed by atoms with Crippen molar-refractivity contribution < 1.29 is 14.3 Å². The summed E-state index contributed by atoms with van der Waals surface area (Å²) in [6.45, 7) is 6.30. The number of benzene rings is 2. The Labute approximate surface area is 176 Å². The van der Waals surface area contributed by atoms with Gasteiger partial charge in [0.05, 0.1) is 12.7 Å². The van der Waals surface area contributed by atoms with Crippen LogP contribution in [0.4, 0.5) is 0 Å². The van der Waals surface area contributed by atoms with Crippen LogP contribution >= 0.6 is 0 Å². The van der Waals surface area contributed by atoms with Crippen molar-refractivity contribution in [2.45, 2.75) is 33.0 Å². The second kappa shape index (κ2) is 7.06. The molecule has 1 amide bonds. The maximum absolute atomic E-state index is 13.1. The number of carbonyl (C=O) groups is 1. The van der Waals surface area contributed by atoms with E-state index in [1.807, 2.05) is 39.1 Å². The summed E-state index contributed by atoms with van der Waals surface area (Å²) in [5, 5.41) is 0.995. The van der Waals surface area contributed by atoms with Crippen LogP contribution in [0.1, 0.15) is 45.9 Å². The average molecular weight is 405 g/mol. The lowest BCUT2D eigenvalue weighted by Crippen LogP contribution is -2.41. The lowest BCUT2D eigenvalue weighted by molar-refractivity contribution is -0.00959. The number of aromatic amines is 1. The van der Waals surface area contributed by atoms with E-state index in [2.05, 4.69) is 22.0 Å². The van der Waals surface area contributed by atoms with Gasteiger partial charge in [-0.2, -0.15) is 0 Å². The number of nitrogens with zero attached hydrogens (tertiary/aromatic N) is 2. The minimum Gasteiger partial charge on any atom is -0.497 e. The minimum atomic E-state index is -0.109. The van der Waals surface area contributed by atoms with Gasteiger partial charge in [-0.05, 0) is 56.2 Å². The van der Waals surface area contributed by atoms with E-state index in [4.69, 9.17) is 9.47 Å². The molecule has 5 rings (SSSR count). The van der Waals surface area contributed by atoms with Crippen LogP contribution < -0.4 is 9.47 Å². The molecular weight excluding hydrogens is 378 g/mol. The molecule has 3 aromatic rings. The summed E-state index contributed by atoms with van der Waals surface area (Å²) in [6.07, 6.45) is 0.843. The summed E-state index contributed by atoms with van der Waals surface area (Å²) in [6, 6.07) is 10.3. The number of amides is 1. The van der Waals surface area contributed by atoms with E-state index in [-0.39, 0.29) is 12.1 Å². The number of ether oxygens (including phenoxy) is 2. The average Bonchev–Trinajstić information content (AvgIpc) is 3.12. The molecule has 1 N–H and O–H groups in total. The lowest BCUT2D eigenvalue weighted by Gasteiger charge is -2.41. The molecule has 1 atom stereocenters. The van der Waals surface area contributed by atoms with Gasteiger partial charge in [0.15, 0.2) is 6.23 Å². The third-order valence-corrected chi connectivity index (χ3v) is 6.47. The van der Waals surface area contributed by atoms with Crippen LogP contribution in [-0.4, -0.2) is 47.9 Å². The molecule has 1 aromatic heterocycles. The summed E-state index contributed by atoms with van der Waals surface area (Å²) < 4.78 is 11.9. The van der Waals surface area contributed by atoms with Gasteiger partial charge in [0.1, 0.15) is 11.5 Å². The van der Waals surface area contributed by atoms with Crippen LogP contribution in [0, 0.1) is 6.92 Å². The number of aryl methyl sites for hydroxylation is 1. The maximum atomic E-state index is 13.1. The van der Waals surface area contributed by atoms with Crippen molar-refractivity contribution in [2.75, 3.05) is 27.2 Å². The van der Waals surface area contributed by atoms with Crippen LogP contribution in [0.15, 0.2) is 30.3 Å². The lowest BCUT2D eigenvalue weighted by atomic mass is 9.94. The Morgan fingerprint density at radius 1 is 1.33 bits per heavy atom. The summed E-state index contributed by atoms with van der Waals surface area (Å²) in [5.74, 6) is 1.79. The second-order valence-corrected chi connectivity index (χ2v) is 8.16. The van der Waals surface area contributed by atoms with E-state index < -0.39 is 0 Å². The molecule has 156 valence electrons. The smallest absolute Gasteiger partial charge is 0.256 e. The van der Waals surface area contributed by atoms with Gasteiger partial charge in [-0.3, -0.25) is 9.69 Å². The first-order chi connectivity index (χ1) is 14.5. The van der Waals surface area contributed by atoms with Crippen molar-refractivity contribution in [1.82, 2.24) is 14.8 Å². The highest BCUT2D eigenvalue weighted by Gasteiger charge is 2.35. The van der Waals surface area contributed by atoms with E-state index >= 15 is 0 Å². The zero-order valence-electron chi connectivity index (χ0n) is 17.9. The Morgan fingerprint density at radius 2 is 2.17 bits per heavy atom. The second-order valence-electron chi connectivity index (χ2n) is 8.16. The predicted molar refractivity (Wildman–Crippen MR) is 116 cm³/mol. The maximum Gasteiger partial charge on any atom is 0.256 e. The van der Waals surface area contributed by atoms with Crippen LogP contribution in [0.25, 0.3) is 10.9 Å². The first-order valence-electron chi connectivity index (χ1n) is 10.5. The van der Waals surface area contributed by atoms with Crippen LogP contribution in [-0.2, 0) is 13.0 Å². The van der Waals surface area contributed by atoms with E-state index in [9.17, 15) is 4.79 Å². The Kier molecular flexibility index (Phi) is 4.47. The third kappa shape index (κ3) is 2.78. The molecule has 1 unspecified atom stereocenters. The number of carbonyl (C=O) groups excluding carboxylic acids is 1. The molecule has 0 saturated carbocycles. The van der Waals surface area contributed by atoms with Crippen molar-refractivity contribution in [2.24, 2.45) is 0 Å². The van der Waals surface area contributed by atoms with Gasteiger partial charge < -0.3 is 19.4 Å².